The first kappa shape index (κ1) is 36.1. The van der Waals surface area contributed by atoms with Gasteiger partial charge in [0.1, 0.15) is 5.78 Å². The van der Waals surface area contributed by atoms with Crippen molar-refractivity contribution < 1.29 is 19.2 Å². The first-order valence-electron chi connectivity index (χ1n) is 12.9. The van der Waals surface area contributed by atoms with E-state index >= 15 is 0 Å². The molecule has 0 heterocycles. The van der Waals surface area contributed by atoms with E-state index in [9.17, 15) is 9.59 Å². The zero-order valence-electron chi connectivity index (χ0n) is 22.1. The molecule has 0 bridgehead atoms. The van der Waals surface area contributed by atoms with E-state index in [1.807, 2.05) is 6.92 Å². The molecule has 0 rings (SSSR count). The number of nitrogens with one attached hydrogen (secondary N) is 1. The lowest BCUT2D eigenvalue weighted by atomic mass is 10.1. The largest absolute Gasteiger partial charge is 0.373 e. The minimum absolute atomic E-state index is 0.107. The summed E-state index contributed by atoms with van der Waals surface area (Å²) in [5.41, 5.74) is 0. The Morgan fingerprint density at radius 1 is 0.694 bits per heavy atom. The summed E-state index contributed by atoms with van der Waals surface area (Å²) >= 11 is 0. The second-order valence-electron chi connectivity index (χ2n) is 7.67. The standard InChI is InChI=1S/C28H45NO2S2.CO2/c1-3-5-6-7-8-9-10-11-12-13-14-15-16-17-18-19-20-22-27(30)23-21-25-32-33-26-24-29-28(31)4-2;2-1-3/h5-6,8-9,11-12,14-15,17-18H,3-4,7,10,13,16,19-26H2,1-2H3,(H,29,31);/b6-5-,9-8-,12-11-,15-14-,18-17-;. The Bertz CT molecular complexity index is 706. The molecular weight excluding hydrogens is 490 g/mol. The lowest BCUT2D eigenvalue weighted by Crippen LogP contribution is -2.24. The maximum Gasteiger partial charge on any atom is 0.373 e. The number of carbonyl (C=O) groups excluding carboxylic acids is 4. The Balaban J connectivity index is 0. The number of rotatable bonds is 22. The zero-order valence-corrected chi connectivity index (χ0v) is 23.8. The number of amides is 1. The molecule has 0 aliphatic carbocycles. The number of ketones is 1. The van der Waals surface area contributed by atoms with Crippen molar-refractivity contribution in [3.8, 4) is 0 Å². The van der Waals surface area contributed by atoms with Crippen LogP contribution in [0, 0.1) is 0 Å². The van der Waals surface area contributed by atoms with Crippen LogP contribution in [0.25, 0.3) is 0 Å². The van der Waals surface area contributed by atoms with Gasteiger partial charge in [-0.15, -0.1) is 0 Å². The third-order valence-electron chi connectivity index (χ3n) is 4.58. The molecule has 5 nitrogen and oxygen atoms in total. The van der Waals surface area contributed by atoms with Gasteiger partial charge in [-0.1, -0.05) is 96.2 Å². The van der Waals surface area contributed by atoms with Gasteiger partial charge in [0, 0.05) is 37.3 Å². The second-order valence-corrected chi connectivity index (χ2v) is 10.4. The zero-order chi connectivity index (χ0) is 27.0. The van der Waals surface area contributed by atoms with Gasteiger partial charge in [-0.2, -0.15) is 9.59 Å². The van der Waals surface area contributed by atoms with Crippen LogP contribution in [0.4, 0.5) is 0 Å². The van der Waals surface area contributed by atoms with Crippen molar-refractivity contribution in [3.63, 3.8) is 0 Å². The summed E-state index contributed by atoms with van der Waals surface area (Å²) < 4.78 is 0. The van der Waals surface area contributed by atoms with Crippen molar-refractivity contribution in [2.24, 2.45) is 0 Å². The molecule has 0 saturated carbocycles. The molecule has 0 unspecified atom stereocenters. The van der Waals surface area contributed by atoms with Crippen molar-refractivity contribution >= 4 is 39.4 Å². The molecule has 0 aliphatic rings. The van der Waals surface area contributed by atoms with Gasteiger partial charge in [-0.3, -0.25) is 9.59 Å². The molecule has 0 aliphatic heterocycles. The number of Topliss-reactive ketones (excluding diaryl/α,β-unsaturated/α-hetero) is 1. The van der Waals surface area contributed by atoms with E-state index < -0.39 is 0 Å². The summed E-state index contributed by atoms with van der Waals surface area (Å²) in [5.74, 6) is 2.39. The van der Waals surface area contributed by atoms with Crippen LogP contribution < -0.4 is 5.32 Å². The van der Waals surface area contributed by atoms with Gasteiger partial charge in [0.25, 0.3) is 0 Å². The molecule has 1 amide bonds. The van der Waals surface area contributed by atoms with Gasteiger partial charge in [0.15, 0.2) is 0 Å². The van der Waals surface area contributed by atoms with E-state index in [1.165, 1.54) is 0 Å². The monoisotopic (exact) mass is 535 g/mol. The summed E-state index contributed by atoms with van der Waals surface area (Å²) in [6, 6.07) is 0. The van der Waals surface area contributed by atoms with Crippen molar-refractivity contribution in [1.29, 1.82) is 0 Å². The number of hydrogen-bond acceptors (Lipinski definition) is 6. The van der Waals surface area contributed by atoms with Crippen molar-refractivity contribution in [2.45, 2.75) is 84.5 Å². The summed E-state index contributed by atoms with van der Waals surface area (Å²) in [7, 11) is 3.56. The van der Waals surface area contributed by atoms with E-state index in [0.29, 0.717) is 25.0 Å². The summed E-state index contributed by atoms with van der Waals surface area (Å²) in [6.07, 6.45) is 32.2. The molecule has 0 spiro atoms. The average Bonchev–Trinajstić information content (AvgIpc) is 2.87. The molecule has 0 atom stereocenters. The maximum absolute atomic E-state index is 11.9. The van der Waals surface area contributed by atoms with Gasteiger partial charge < -0.3 is 5.32 Å². The molecule has 1 N–H and O–H groups in total. The number of hydrogen-bond donors (Lipinski definition) is 1. The average molecular weight is 536 g/mol. The van der Waals surface area contributed by atoms with E-state index in [1.54, 1.807) is 21.6 Å². The number of allylic oxidation sites excluding steroid dienone is 10. The van der Waals surface area contributed by atoms with E-state index in [0.717, 1.165) is 69.4 Å². The van der Waals surface area contributed by atoms with Crippen LogP contribution in [0.1, 0.15) is 84.5 Å². The van der Waals surface area contributed by atoms with Crippen LogP contribution in [0.15, 0.2) is 60.8 Å². The Hall–Kier alpha value is -2.08. The molecule has 202 valence electrons. The van der Waals surface area contributed by atoms with Crippen molar-refractivity contribution in [3.05, 3.63) is 60.8 Å². The van der Waals surface area contributed by atoms with E-state index in [2.05, 4.69) is 73.0 Å². The van der Waals surface area contributed by atoms with Crippen LogP contribution in [-0.4, -0.2) is 35.9 Å². The smallest absolute Gasteiger partial charge is 0.355 e. The van der Waals surface area contributed by atoms with Crippen LogP contribution >= 0.6 is 21.6 Å². The van der Waals surface area contributed by atoms with Crippen molar-refractivity contribution in [2.75, 3.05) is 18.1 Å². The third-order valence-corrected chi connectivity index (χ3v) is 7.07. The molecule has 7 heteroatoms. The molecule has 0 fully saturated rings. The SMILES string of the molecule is CC/C=C\C/C=C\C/C=C\C/C=C\C/C=C\CCCC(=O)CCCSSCCNC(=O)CC.O=C=O. The maximum atomic E-state index is 11.9. The highest BCUT2D eigenvalue weighted by molar-refractivity contribution is 8.76. The Kier molecular flexibility index (Phi) is 33.0. The highest BCUT2D eigenvalue weighted by Crippen LogP contribution is 2.22. The number of unbranched alkanes of at least 4 members (excludes halogenated alkanes) is 1. The predicted molar refractivity (Wildman–Crippen MR) is 156 cm³/mol. The van der Waals surface area contributed by atoms with Crippen LogP contribution in [0.5, 0.6) is 0 Å². The van der Waals surface area contributed by atoms with E-state index in [-0.39, 0.29) is 12.1 Å². The first-order valence-corrected chi connectivity index (χ1v) is 15.4. The van der Waals surface area contributed by atoms with Gasteiger partial charge in [-0.25, -0.2) is 0 Å². The Morgan fingerprint density at radius 2 is 1.17 bits per heavy atom. The lowest BCUT2D eigenvalue weighted by molar-refractivity contribution is -0.191. The van der Waals surface area contributed by atoms with Crippen molar-refractivity contribution in [1.82, 2.24) is 5.32 Å². The minimum atomic E-state index is 0.107. The highest BCUT2D eigenvalue weighted by Gasteiger charge is 2.01. The van der Waals surface area contributed by atoms with Crippen LogP contribution in [-0.2, 0) is 19.2 Å². The molecule has 0 aromatic carbocycles. The molecular formula is C29H45NO4S2. The van der Waals surface area contributed by atoms with Gasteiger partial charge in [0.05, 0.1) is 0 Å². The highest BCUT2D eigenvalue weighted by atomic mass is 33.1. The fourth-order valence-electron chi connectivity index (χ4n) is 2.71. The molecule has 0 aromatic rings. The second kappa shape index (κ2) is 32.9. The molecule has 0 aromatic heterocycles. The Morgan fingerprint density at radius 3 is 1.69 bits per heavy atom. The summed E-state index contributed by atoms with van der Waals surface area (Å²) in [4.78, 5) is 39.3. The fourth-order valence-corrected chi connectivity index (χ4v) is 4.71. The predicted octanol–water partition coefficient (Wildman–Crippen LogP) is 7.58. The normalized spacial score (nSPS) is 11.5. The molecule has 0 saturated heterocycles. The lowest BCUT2D eigenvalue weighted by Gasteiger charge is -2.03. The number of carbonyl (C=O) groups is 2. The van der Waals surface area contributed by atoms with Crippen LogP contribution in [0.3, 0.4) is 0 Å². The fraction of sp³-hybridized carbons (Fsp3) is 0.552. The van der Waals surface area contributed by atoms with Crippen LogP contribution in [0.2, 0.25) is 0 Å². The third kappa shape index (κ3) is 34.1. The quantitative estimate of drug-likeness (QED) is 0.0874. The Labute approximate surface area is 226 Å². The van der Waals surface area contributed by atoms with Gasteiger partial charge in [-0.05, 0) is 51.4 Å². The van der Waals surface area contributed by atoms with E-state index in [4.69, 9.17) is 9.59 Å². The molecule has 36 heavy (non-hydrogen) atoms. The van der Waals surface area contributed by atoms with Gasteiger partial charge in [0.2, 0.25) is 5.91 Å². The van der Waals surface area contributed by atoms with Gasteiger partial charge >= 0.3 is 6.15 Å². The summed E-state index contributed by atoms with van der Waals surface area (Å²) in [5, 5.41) is 2.86. The topological polar surface area (TPSA) is 80.3 Å². The molecule has 0 radical (unpaired) electrons. The first-order chi connectivity index (χ1) is 17.6. The summed E-state index contributed by atoms with van der Waals surface area (Å²) in [6.45, 7) is 4.73. The minimum Gasteiger partial charge on any atom is -0.355 e.